The van der Waals surface area contributed by atoms with Crippen molar-refractivity contribution >= 4 is 11.8 Å². The number of nitrogens with zero attached hydrogens (tertiary/aromatic N) is 2. The van der Waals surface area contributed by atoms with E-state index in [0.717, 1.165) is 34.9 Å². The molecule has 2 aromatic rings. The van der Waals surface area contributed by atoms with Crippen molar-refractivity contribution in [3.63, 3.8) is 0 Å². The summed E-state index contributed by atoms with van der Waals surface area (Å²) in [5.74, 6) is 1.64. The number of thioether (sulfide) groups is 1. The quantitative estimate of drug-likeness (QED) is 0.938. The molecular formula is C16H20FN3OS. The van der Waals surface area contributed by atoms with Crippen LogP contribution in [0.5, 0.6) is 5.88 Å². The number of nitrogens with one attached hydrogen (secondary N) is 1. The van der Waals surface area contributed by atoms with E-state index in [2.05, 4.69) is 10.4 Å². The molecule has 0 saturated carbocycles. The molecule has 3 rings (SSSR count). The molecule has 0 radical (unpaired) electrons. The predicted molar refractivity (Wildman–Crippen MR) is 85.8 cm³/mol. The fraction of sp³-hybridized carbons (Fsp3) is 0.438. The van der Waals surface area contributed by atoms with Gasteiger partial charge in [-0.1, -0.05) is 0 Å². The van der Waals surface area contributed by atoms with Crippen LogP contribution in [0.1, 0.15) is 29.3 Å². The number of fused-ring (bicyclic) bond motifs is 1. The van der Waals surface area contributed by atoms with Crippen molar-refractivity contribution in [2.45, 2.75) is 30.8 Å². The number of ether oxygens (including phenoxy) is 1. The minimum atomic E-state index is -0.178. The maximum atomic E-state index is 13.5. The van der Waals surface area contributed by atoms with Crippen molar-refractivity contribution in [1.29, 1.82) is 0 Å². The molecule has 0 saturated heterocycles. The van der Waals surface area contributed by atoms with Crippen molar-refractivity contribution in [2.24, 2.45) is 7.05 Å². The number of halogens is 1. The van der Waals surface area contributed by atoms with Crippen LogP contribution in [0, 0.1) is 12.7 Å². The third-order valence-electron chi connectivity index (χ3n) is 4.02. The van der Waals surface area contributed by atoms with Crippen molar-refractivity contribution in [2.75, 3.05) is 12.9 Å². The zero-order valence-electron chi connectivity index (χ0n) is 13.0. The fourth-order valence-corrected chi connectivity index (χ4v) is 4.05. The molecule has 2 heterocycles. The van der Waals surface area contributed by atoms with Gasteiger partial charge in [-0.3, -0.25) is 0 Å². The van der Waals surface area contributed by atoms with Crippen LogP contribution >= 0.6 is 11.8 Å². The van der Waals surface area contributed by atoms with Gasteiger partial charge in [0.05, 0.1) is 18.4 Å². The molecular weight excluding hydrogens is 301 g/mol. The van der Waals surface area contributed by atoms with Crippen LogP contribution in [0.2, 0.25) is 0 Å². The van der Waals surface area contributed by atoms with E-state index in [1.54, 1.807) is 29.6 Å². The zero-order valence-corrected chi connectivity index (χ0v) is 13.8. The minimum Gasteiger partial charge on any atom is -0.481 e. The van der Waals surface area contributed by atoms with Gasteiger partial charge in [0, 0.05) is 24.5 Å². The maximum absolute atomic E-state index is 13.5. The third kappa shape index (κ3) is 2.85. The molecule has 1 atom stereocenters. The lowest BCUT2D eigenvalue weighted by Gasteiger charge is -2.26. The van der Waals surface area contributed by atoms with Gasteiger partial charge in [-0.15, -0.1) is 11.8 Å². The Balaban J connectivity index is 1.80. The van der Waals surface area contributed by atoms with E-state index in [1.165, 1.54) is 11.0 Å². The Morgan fingerprint density at radius 1 is 1.50 bits per heavy atom. The van der Waals surface area contributed by atoms with Gasteiger partial charge in [-0.05, 0) is 42.9 Å². The Morgan fingerprint density at radius 2 is 2.32 bits per heavy atom. The average Bonchev–Trinajstić information content (AvgIpc) is 2.78. The Hall–Kier alpha value is -1.53. The lowest BCUT2D eigenvalue weighted by molar-refractivity contribution is 0.366. The normalized spacial score (nSPS) is 17.4. The van der Waals surface area contributed by atoms with Crippen LogP contribution in [-0.2, 0) is 13.6 Å². The summed E-state index contributed by atoms with van der Waals surface area (Å²) in [7, 11) is 3.53. The molecule has 1 aliphatic rings. The van der Waals surface area contributed by atoms with E-state index in [-0.39, 0.29) is 11.9 Å². The van der Waals surface area contributed by atoms with Gasteiger partial charge in [0.25, 0.3) is 0 Å². The average molecular weight is 321 g/mol. The Labute approximate surface area is 134 Å². The molecule has 118 valence electrons. The van der Waals surface area contributed by atoms with Gasteiger partial charge in [0.2, 0.25) is 5.88 Å². The minimum absolute atomic E-state index is 0.163. The molecule has 0 unspecified atom stereocenters. The first-order valence-corrected chi connectivity index (χ1v) is 8.30. The van der Waals surface area contributed by atoms with Crippen LogP contribution in [-0.4, -0.2) is 22.6 Å². The van der Waals surface area contributed by atoms with Crippen LogP contribution < -0.4 is 10.1 Å². The van der Waals surface area contributed by atoms with Crippen LogP contribution in [0.4, 0.5) is 4.39 Å². The summed E-state index contributed by atoms with van der Waals surface area (Å²) in [6.07, 6.45) is 0.989. The molecule has 1 aromatic heterocycles. The second-order valence-electron chi connectivity index (χ2n) is 5.45. The first kappa shape index (κ1) is 15.4. The summed E-state index contributed by atoms with van der Waals surface area (Å²) in [6.45, 7) is 2.64. The Kier molecular flexibility index (Phi) is 4.40. The molecule has 0 bridgehead atoms. The number of benzene rings is 1. The summed E-state index contributed by atoms with van der Waals surface area (Å²) in [5, 5.41) is 7.93. The maximum Gasteiger partial charge on any atom is 0.216 e. The second-order valence-corrected chi connectivity index (χ2v) is 6.59. The highest BCUT2D eigenvalue weighted by Gasteiger charge is 2.22. The standard InChI is InChI=1S/C16H20FN3OS/c1-10-13(16(21-3)20(2)19-10)9-18-14-6-7-22-15-5-4-11(17)8-12(14)15/h4-5,8,14,18H,6-7,9H2,1-3H3/t14-/m1/s1. The Bertz CT molecular complexity index is 686. The highest BCUT2D eigenvalue weighted by molar-refractivity contribution is 7.99. The van der Waals surface area contributed by atoms with Crippen molar-refractivity contribution in [3.05, 3.63) is 40.8 Å². The number of methoxy groups -OCH3 is 1. The van der Waals surface area contributed by atoms with E-state index in [0.29, 0.717) is 6.54 Å². The molecule has 0 spiro atoms. The van der Waals surface area contributed by atoms with Gasteiger partial charge in [-0.25, -0.2) is 9.07 Å². The van der Waals surface area contributed by atoms with Crippen molar-refractivity contribution in [3.8, 4) is 5.88 Å². The summed E-state index contributed by atoms with van der Waals surface area (Å²) >= 11 is 1.79. The fourth-order valence-electron chi connectivity index (χ4n) is 2.94. The first-order chi connectivity index (χ1) is 10.6. The van der Waals surface area contributed by atoms with Crippen LogP contribution in [0.25, 0.3) is 0 Å². The van der Waals surface area contributed by atoms with Gasteiger partial charge in [-0.2, -0.15) is 5.10 Å². The Morgan fingerprint density at radius 3 is 3.09 bits per heavy atom. The van der Waals surface area contributed by atoms with E-state index >= 15 is 0 Å². The lowest BCUT2D eigenvalue weighted by atomic mass is 10.0. The first-order valence-electron chi connectivity index (χ1n) is 7.32. The van der Waals surface area contributed by atoms with E-state index in [1.807, 2.05) is 20.0 Å². The molecule has 1 N–H and O–H groups in total. The molecule has 0 aliphatic carbocycles. The topological polar surface area (TPSA) is 39.1 Å². The van der Waals surface area contributed by atoms with Gasteiger partial charge in [0.1, 0.15) is 5.82 Å². The van der Waals surface area contributed by atoms with Crippen molar-refractivity contribution < 1.29 is 9.13 Å². The molecule has 6 heteroatoms. The van der Waals surface area contributed by atoms with Crippen LogP contribution in [0.3, 0.4) is 0 Å². The number of hydrogen-bond donors (Lipinski definition) is 1. The smallest absolute Gasteiger partial charge is 0.216 e. The largest absolute Gasteiger partial charge is 0.481 e. The highest BCUT2D eigenvalue weighted by Crippen LogP contribution is 2.37. The van der Waals surface area contributed by atoms with E-state index in [4.69, 9.17) is 4.74 Å². The number of aryl methyl sites for hydroxylation is 2. The molecule has 22 heavy (non-hydrogen) atoms. The number of aromatic nitrogens is 2. The molecule has 0 fully saturated rings. The van der Waals surface area contributed by atoms with Crippen LogP contribution in [0.15, 0.2) is 23.1 Å². The van der Waals surface area contributed by atoms with E-state index < -0.39 is 0 Å². The zero-order chi connectivity index (χ0) is 15.7. The van der Waals surface area contributed by atoms with Crippen molar-refractivity contribution in [1.82, 2.24) is 15.1 Å². The van der Waals surface area contributed by atoms with Gasteiger partial charge < -0.3 is 10.1 Å². The molecule has 1 aliphatic heterocycles. The molecule has 1 aromatic carbocycles. The van der Waals surface area contributed by atoms with Gasteiger partial charge >= 0.3 is 0 Å². The second kappa shape index (κ2) is 6.30. The lowest BCUT2D eigenvalue weighted by Crippen LogP contribution is -2.24. The number of hydrogen-bond acceptors (Lipinski definition) is 4. The summed E-state index contributed by atoms with van der Waals surface area (Å²) in [4.78, 5) is 1.17. The molecule has 0 amide bonds. The summed E-state index contributed by atoms with van der Waals surface area (Å²) < 4.78 is 20.7. The molecule has 4 nitrogen and oxygen atoms in total. The predicted octanol–water partition coefficient (Wildman–Crippen LogP) is 3.20. The monoisotopic (exact) mass is 321 g/mol. The van der Waals surface area contributed by atoms with Gasteiger partial charge in [0.15, 0.2) is 0 Å². The number of rotatable bonds is 4. The summed E-state index contributed by atoms with van der Waals surface area (Å²) in [6, 6.07) is 5.21. The third-order valence-corrected chi connectivity index (χ3v) is 5.14. The summed E-state index contributed by atoms with van der Waals surface area (Å²) in [5.41, 5.74) is 3.06. The SMILES string of the molecule is COc1c(CN[C@@H]2CCSc3ccc(F)cc32)c(C)nn1C. The van der Waals surface area contributed by atoms with E-state index in [9.17, 15) is 4.39 Å². The highest BCUT2D eigenvalue weighted by atomic mass is 32.2.